The highest BCUT2D eigenvalue weighted by atomic mass is 35.5. The molecule has 2 N–H and O–H groups in total. The van der Waals surface area contributed by atoms with Gasteiger partial charge >= 0.3 is 0 Å². The first kappa shape index (κ1) is 15.7. The van der Waals surface area contributed by atoms with Crippen molar-refractivity contribution in [2.45, 2.75) is 18.9 Å². The monoisotopic (exact) mass is 283 g/mol. The standard InChI is InChI=1S/C11H12Cl2FN.ClH/c1-2-3-4-9(15)10-8(14)6-5-7(12)11(10)13;/h2,5-6,9H,1,3-4,15H2;1H/t9-;/m0./s1. The molecule has 0 heterocycles. The van der Waals surface area contributed by atoms with E-state index in [4.69, 9.17) is 28.9 Å². The minimum Gasteiger partial charge on any atom is -0.324 e. The van der Waals surface area contributed by atoms with Crippen molar-refractivity contribution < 1.29 is 4.39 Å². The average molecular weight is 285 g/mol. The molecule has 0 spiro atoms. The molecule has 0 aromatic heterocycles. The molecule has 0 aliphatic carbocycles. The Labute approximate surface area is 111 Å². The molecule has 1 aromatic rings. The molecule has 1 aromatic carbocycles. The van der Waals surface area contributed by atoms with Gasteiger partial charge in [-0.2, -0.15) is 0 Å². The van der Waals surface area contributed by atoms with E-state index in [0.29, 0.717) is 17.9 Å². The van der Waals surface area contributed by atoms with Gasteiger partial charge < -0.3 is 5.73 Å². The largest absolute Gasteiger partial charge is 0.324 e. The van der Waals surface area contributed by atoms with Crippen molar-refractivity contribution in [1.82, 2.24) is 0 Å². The smallest absolute Gasteiger partial charge is 0.129 e. The van der Waals surface area contributed by atoms with E-state index in [9.17, 15) is 4.39 Å². The fourth-order valence-corrected chi connectivity index (χ4v) is 1.78. The molecular formula is C11H13Cl3FN. The lowest BCUT2D eigenvalue weighted by Crippen LogP contribution is -2.12. The molecule has 0 radical (unpaired) electrons. The Hall–Kier alpha value is -0.280. The third-order valence-corrected chi connectivity index (χ3v) is 2.95. The Morgan fingerprint density at radius 2 is 2.06 bits per heavy atom. The molecule has 1 rings (SSSR count). The minimum atomic E-state index is -0.450. The first-order valence-electron chi connectivity index (χ1n) is 4.57. The summed E-state index contributed by atoms with van der Waals surface area (Å²) in [6.07, 6.45) is 3.04. The topological polar surface area (TPSA) is 26.0 Å². The second-order valence-electron chi connectivity index (χ2n) is 3.23. The van der Waals surface area contributed by atoms with Crippen LogP contribution in [-0.4, -0.2) is 0 Å². The zero-order chi connectivity index (χ0) is 11.4. The van der Waals surface area contributed by atoms with Crippen molar-refractivity contribution in [2.24, 2.45) is 5.73 Å². The highest BCUT2D eigenvalue weighted by Gasteiger charge is 2.16. The predicted molar refractivity (Wildman–Crippen MR) is 70.0 cm³/mol. The lowest BCUT2D eigenvalue weighted by Gasteiger charge is -2.14. The minimum absolute atomic E-state index is 0. The maximum Gasteiger partial charge on any atom is 0.129 e. The number of hydrogen-bond donors (Lipinski definition) is 1. The number of hydrogen-bond acceptors (Lipinski definition) is 1. The highest BCUT2D eigenvalue weighted by molar-refractivity contribution is 6.42. The molecule has 0 amide bonds. The molecule has 16 heavy (non-hydrogen) atoms. The van der Waals surface area contributed by atoms with E-state index < -0.39 is 11.9 Å². The SMILES string of the molecule is C=CCC[C@H](N)c1c(F)ccc(Cl)c1Cl.Cl. The summed E-state index contributed by atoms with van der Waals surface area (Å²) in [7, 11) is 0. The van der Waals surface area contributed by atoms with Gasteiger partial charge in [-0.05, 0) is 25.0 Å². The van der Waals surface area contributed by atoms with Gasteiger partial charge in [0.25, 0.3) is 0 Å². The van der Waals surface area contributed by atoms with Crippen LogP contribution in [0.1, 0.15) is 24.4 Å². The molecule has 0 saturated heterocycles. The lowest BCUT2D eigenvalue weighted by atomic mass is 10.0. The molecule has 0 saturated carbocycles. The maximum absolute atomic E-state index is 13.5. The molecule has 0 unspecified atom stereocenters. The summed E-state index contributed by atoms with van der Waals surface area (Å²) < 4.78 is 13.5. The van der Waals surface area contributed by atoms with Crippen molar-refractivity contribution in [1.29, 1.82) is 0 Å². The Bertz CT molecular complexity index is 368. The van der Waals surface area contributed by atoms with Crippen molar-refractivity contribution >= 4 is 35.6 Å². The number of halogens is 4. The van der Waals surface area contributed by atoms with E-state index in [1.54, 1.807) is 6.08 Å². The summed E-state index contributed by atoms with van der Waals surface area (Å²) in [6, 6.07) is 2.24. The van der Waals surface area contributed by atoms with Crippen LogP contribution in [0, 0.1) is 5.82 Å². The third-order valence-electron chi connectivity index (χ3n) is 2.13. The van der Waals surface area contributed by atoms with E-state index in [-0.39, 0.29) is 23.0 Å². The molecular weight excluding hydrogens is 271 g/mol. The zero-order valence-corrected chi connectivity index (χ0v) is 10.9. The van der Waals surface area contributed by atoms with Crippen LogP contribution >= 0.6 is 35.6 Å². The van der Waals surface area contributed by atoms with Gasteiger partial charge in [0.1, 0.15) is 5.82 Å². The summed E-state index contributed by atoms with van der Waals surface area (Å²) in [5.41, 5.74) is 6.10. The van der Waals surface area contributed by atoms with E-state index in [2.05, 4.69) is 6.58 Å². The fourth-order valence-electron chi connectivity index (χ4n) is 1.32. The Kier molecular flexibility index (Phi) is 7.00. The summed E-state index contributed by atoms with van der Waals surface area (Å²) >= 11 is 11.7. The highest BCUT2D eigenvalue weighted by Crippen LogP contribution is 2.32. The Morgan fingerprint density at radius 3 is 2.62 bits per heavy atom. The van der Waals surface area contributed by atoms with Crippen LogP contribution in [0.3, 0.4) is 0 Å². The van der Waals surface area contributed by atoms with Crippen molar-refractivity contribution in [3.8, 4) is 0 Å². The molecule has 0 aliphatic rings. The second kappa shape index (κ2) is 7.13. The number of nitrogens with two attached hydrogens (primary N) is 1. The van der Waals surface area contributed by atoms with Gasteiger partial charge in [0.05, 0.1) is 10.0 Å². The normalized spacial score (nSPS) is 11.8. The molecule has 0 fully saturated rings. The summed E-state index contributed by atoms with van der Waals surface area (Å²) in [6.45, 7) is 3.58. The maximum atomic E-state index is 13.5. The molecule has 90 valence electrons. The van der Waals surface area contributed by atoms with E-state index >= 15 is 0 Å². The summed E-state index contributed by atoms with van der Waals surface area (Å²) in [5.74, 6) is -0.416. The van der Waals surface area contributed by atoms with Crippen LogP contribution in [0.15, 0.2) is 24.8 Å². The third kappa shape index (κ3) is 3.63. The number of rotatable bonds is 4. The van der Waals surface area contributed by atoms with Gasteiger partial charge in [0, 0.05) is 11.6 Å². The van der Waals surface area contributed by atoms with E-state index in [1.165, 1.54) is 12.1 Å². The molecule has 5 heteroatoms. The lowest BCUT2D eigenvalue weighted by molar-refractivity contribution is 0.567. The van der Waals surface area contributed by atoms with Gasteiger partial charge in [-0.3, -0.25) is 0 Å². The fraction of sp³-hybridized carbons (Fsp3) is 0.273. The van der Waals surface area contributed by atoms with Gasteiger partial charge in [-0.1, -0.05) is 29.3 Å². The zero-order valence-electron chi connectivity index (χ0n) is 8.55. The van der Waals surface area contributed by atoms with Crippen LogP contribution in [0.25, 0.3) is 0 Å². The van der Waals surface area contributed by atoms with Gasteiger partial charge in [0.15, 0.2) is 0 Å². The first-order valence-corrected chi connectivity index (χ1v) is 5.33. The van der Waals surface area contributed by atoms with Crippen LogP contribution in [0.2, 0.25) is 10.0 Å². The van der Waals surface area contributed by atoms with Crippen LogP contribution in [-0.2, 0) is 0 Å². The first-order chi connectivity index (χ1) is 7.07. The van der Waals surface area contributed by atoms with Gasteiger partial charge in [-0.15, -0.1) is 19.0 Å². The van der Waals surface area contributed by atoms with Gasteiger partial charge in [0.2, 0.25) is 0 Å². The van der Waals surface area contributed by atoms with Crippen LogP contribution in [0.5, 0.6) is 0 Å². The van der Waals surface area contributed by atoms with Crippen LogP contribution in [0.4, 0.5) is 4.39 Å². The number of benzene rings is 1. The number of allylic oxidation sites excluding steroid dienone is 1. The van der Waals surface area contributed by atoms with Crippen molar-refractivity contribution in [3.05, 3.63) is 46.2 Å². The van der Waals surface area contributed by atoms with E-state index in [1.807, 2.05) is 0 Å². The molecule has 1 atom stereocenters. The summed E-state index contributed by atoms with van der Waals surface area (Å²) in [4.78, 5) is 0. The van der Waals surface area contributed by atoms with Crippen LogP contribution < -0.4 is 5.73 Å². The predicted octanol–water partition coefficient (Wildman–Crippen LogP) is 4.52. The quantitative estimate of drug-likeness (QED) is 0.638. The molecule has 0 aliphatic heterocycles. The average Bonchev–Trinajstić information content (AvgIpc) is 2.21. The molecule has 1 nitrogen and oxygen atoms in total. The Morgan fingerprint density at radius 1 is 1.44 bits per heavy atom. The Balaban J connectivity index is 0.00000225. The van der Waals surface area contributed by atoms with Crippen molar-refractivity contribution in [3.63, 3.8) is 0 Å². The van der Waals surface area contributed by atoms with Crippen molar-refractivity contribution in [2.75, 3.05) is 0 Å². The van der Waals surface area contributed by atoms with E-state index in [0.717, 1.165) is 0 Å². The van der Waals surface area contributed by atoms with Gasteiger partial charge in [-0.25, -0.2) is 4.39 Å². The second-order valence-corrected chi connectivity index (χ2v) is 4.01. The summed E-state index contributed by atoms with van der Waals surface area (Å²) in [5, 5.41) is 0.523. The molecule has 0 bridgehead atoms.